The third kappa shape index (κ3) is 5.93. The molecule has 0 saturated heterocycles. The number of carbonyl (C=O) groups is 2. The fourth-order valence-electron chi connectivity index (χ4n) is 4.11. The fourth-order valence-corrected chi connectivity index (χ4v) is 4.11. The summed E-state index contributed by atoms with van der Waals surface area (Å²) in [6.45, 7) is 4.08. The molecule has 0 aliphatic heterocycles. The minimum atomic E-state index is -0.750. The molecule has 1 N–H and O–H groups in total. The average Bonchev–Trinajstić information content (AvgIpc) is 3.14. The molecule has 3 rings (SSSR count). The number of esters is 1. The first kappa shape index (κ1) is 23.9. The molecule has 8 nitrogen and oxygen atoms in total. The van der Waals surface area contributed by atoms with Gasteiger partial charge in [0, 0.05) is 22.9 Å². The second kappa shape index (κ2) is 11.7. The van der Waals surface area contributed by atoms with Gasteiger partial charge in [0.25, 0.3) is 0 Å². The minimum Gasteiger partial charge on any atom is -0.463 e. The van der Waals surface area contributed by atoms with Crippen LogP contribution in [0, 0.1) is 0 Å². The molecular weight excluding hydrogens is 420 g/mol. The Kier molecular flexibility index (Phi) is 8.49. The molecule has 2 aromatic carbocycles. The van der Waals surface area contributed by atoms with E-state index in [0.29, 0.717) is 6.42 Å². The maximum absolute atomic E-state index is 12.7. The van der Waals surface area contributed by atoms with Crippen molar-refractivity contribution in [2.24, 2.45) is 5.11 Å². The van der Waals surface area contributed by atoms with Gasteiger partial charge in [0.05, 0.1) is 12.6 Å². The highest BCUT2D eigenvalue weighted by atomic mass is 16.5. The molecule has 0 aromatic heterocycles. The lowest BCUT2D eigenvalue weighted by atomic mass is 9.98. The number of nitrogens with zero attached hydrogens (tertiary/aromatic N) is 3. The zero-order valence-electron chi connectivity index (χ0n) is 18.8. The molecule has 1 amide bonds. The number of ether oxygens (including phenoxy) is 2. The summed E-state index contributed by atoms with van der Waals surface area (Å²) in [5, 5.41) is 6.54. The lowest BCUT2D eigenvalue weighted by molar-refractivity contribution is -0.137. The number of alkyl carbamates (subject to hydrolysis) is 1. The van der Waals surface area contributed by atoms with Gasteiger partial charge in [-0.05, 0) is 41.1 Å². The number of benzene rings is 2. The number of amides is 1. The molecule has 0 radical (unpaired) electrons. The van der Waals surface area contributed by atoms with Crippen LogP contribution in [0.15, 0.2) is 65.8 Å². The van der Waals surface area contributed by atoms with Crippen molar-refractivity contribution < 1.29 is 19.1 Å². The molecule has 1 aliphatic rings. The molecule has 0 spiro atoms. The zero-order chi connectivity index (χ0) is 23.6. The molecule has 8 heteroatoms. The van der Waals surface area contributed by atoms with E-state index in [0.717, 1.165) is 28.7 Å². The predicted molar refractivity (Wildman–Crippen MR) is 126 cm³/mol. The first-order chi connectivity index (χ1) is 16.1. The monoisotopic (exact) mass is 448 g/mol. The number of rotatable bonds is 10. The number of carbonyl (C=O) groups excluding carboxylic acids is 2. The maximum Gasteiger partial charge on any atom is 0.407 e. The van der Waals surface area contributed by atoms with Crippen LogP contribution < -0.4 is 5.32 Å². The number of fused-ring (bicyclic) bond motifs is 3. The smallest absolute Gasteiger partial charge is 0.407 e. The van der Waals surface area contributed by atoms with E-state index in [4.69, 9.17) is 15.0 Å². The van der Waals surface area contributed by atoms with Gasteiger partial charge < -0.3 is 14.8 Å². The molecular formula is C25H28N4O4. The standard InChI is InChI=1S/C25H28N4O4/c1-3-9-22(23(28-29-26)14-15-24(30)32-4-2)27-25(31)33-16-21-19-12-7-5-10-17(19)18-11-6-8-13-20(18)21/h5-8,10-15,21-23H,3-4,9,16H2,1-2H3,(H,27,31)/b15-14+/t22-,23+/m1/s1. The van der Waals surface area contributed by atoms with Gasteiger partial charge in [-0.2, -0.15) is 0 Å². The van der Waals surface area contributed by atoms with Crippen LogP contribution in [-0.4, -0.2) is 37.4 Å². The quantitative estimate of drug-likeness (QED) is 0.170. The molecule has 0 heterocycles. The first-order valence-electron chi connectivity index (χ1n) is 11.1. The van der Waals surface area contributed by atoms with E-state index < -0.39 is 24.1 Å². The average molecular weight is 449 g/mol. The highest BCUT2D eigenvalue weighted by Gasteiger charge is 2.29. The Bertz CT molecular complexity index is 1020. The summed E-state index contributed by atoms with van der Waals surface area (Å²) >= 11 is 0. The SMILES string of the molecule is CCC[C@@H](NC(=O)OCC1c2ccccc2-c2ccccc21)[C@H](/C=C/C(=O)OCC)N=[N+]=[N-]. The Morgan fingerprint density at radius 3 is 2.30 bits per heavy atom. The number of hydrogen-bond donors (Lipinski definition) is 1. The van der Waals surface area contributed by atoms with E-state index in [-0.39, 0.29) is 19.1 Å². The molecule has 172 valence electrons. The van der Waals surface area contributed by atoms with Crippen molar-refractivity contribution in [1.82, 2.24) is 5.32 Å². The van der Waals surface area contributed by atoms with Crippen LogP contribution in [0.1, 0.15) is 43.7 Å². The van der Waals surface area contributed by atoms with Crippen LogP contribution in [0.4, 0.5) is 4.79 Å². The predicted octanol–water partition coefficient (Wildman–Crippen LogP) is 5.49. The van der Waals surface area contributed by atoms with Crippen LogP contribution in [0.2, 0.25) is 0 Å². The second-order valence-electron chi connectivity index (χ2n) is 7.67. The summed E-state index contributed by atoms with van der Waals surface area (Å²) in [4.78, 5) is 27.2. The topological polar surface area (TPSA) is 113 Å². The summed E-state index contributed by atoms with van der Waals surface area (Å²) in [5.41, 5.74) is 13.5. The third-order valence-corrected chi connectivity index (χ3v) is 5.56. The zero-order valence-corrected chi connectivity index (χ0v) is 18.8. The second-order valence-corrected chi connectivity index (χ2v) is 7.67. The van der Waals surface area contributed by atoms with Crippen LogP contribution in [-0.2, 0) is 14.3 Å². The van der Waals surface area contributed by atoms with Gasteiger partial charge >= 0.3 is 12.1 Å². The van der Waals surface area contributed by atoms with Crippen molar-refractivity contribution >= 4 is 12.1 Å². The van der Waals surface area contributed by atoms with Crippen LogP contribution in [0.25, 0.3) is 21.6 Å². The summed E-state index contributed by atoms with van der Waals surface area (Å²) in [6.07, 6.45) is 3.34. The van der Waals surface area contributed by atoms with Crippen LogP contribution in [0.5, 0.6) is 0 Å². The summed E-state index contributed by atoms with van der Waals surface area (Å²) < 4.78 is 10.5. The van der Waals surface area contributed by atoms with E-state index in [1.54, 1.807) is 6.92 Å². The van der Waals surface area contributed by atoms with E-state index in [1.807, 2.05) is 31.2 Å². The fraction of sp³-hybridized carbons (Fsp3) is 0.360. The molecule has 2 atom stereocenters. The number of nitrogens with one attached hydrogen (secondary N) is 1. The molecule has 33 heavy (non-hydrogen) atoms. The van der Waals surface area contributed by atoms with Crippen molar-refractivity contribution in [3.63, 3.8) is 0 Å². The Morgan fingerprint density at radius 1 is 1.09 bits per heavy atom. The summed E-state index contributed by atoms with van der Waals surface area (Å²) in [5.74, 6) is -0.587. The summed E-state index contributed by atoms with van der Waals surface area (Å²) in [6, 6.07) is 15.0. The van der Waals surface area contributed by atoms with Gasteiger partial charge in [0.1, 0.15) is 6.61 Å². The van der Waals surface area contributed by atoms with Gasteiger partial charge in [-0.15, -0.1) is 0 Å². The minimum absolute atomic E-state index is 0.0515. The lowest BCUT2D eigenvalue weighted by Crippen LogP contribution is -2.42. The van der Waals surface area contributed by atoms with Gasteiger partial charge in [0.2, 0.25) is 0 Å². The van der Waals surface area contributed by atoms with E-state index >= 15 is 0 Å². The highest BCUT2D eigenvalue weighted by molar-refractivity contribution is 5.82. The Morgan fingerprint density at radius 2 is 1.73 bits per heavy atom. The van der Waals surface area contributed by atoms with Crippen molar-refractivity contribution in [1.29, 1.82) is 0 Å². The van der Waals surface area contributed by atoms with E-state index in [1.165, 1.54) is 12.2 Å². The molecule has 1 aliphatic carbocycles. The molecule has 0 fully saturated rings. The van der Waals surface area contributed by atoms with E-state index in [9.17, 15) is 9.59 Å². The van der Waals surface area contributed by atoms with Crippen LogP contribution in [0.3, 0.4) is 0 Å². The molecule has 0 unspecified atom stereocenters. The Labute approximate surface area is 193 Å². The highest BCUT2D eigenvalue weighted by Crippen LogP contribution is 2.44. The maximum atomic E-state index is 12.7. The third-order valence-electron chi connectivity index (χ3n) is 5.56. The van der Waals surface area contributed by atoms with Gasteiger partial charge in [-0.1, -0.05) is 73.1 Å². The first-order valence-corrected chi connectivity index (χ1v) is 11.1. The van der Waals surface area contributed by atoms with Crippen molar-refractivity contribution in [2.45, 2.75) is 44.7 Å². The summed E-state index contributed by atoms with van der Waals surface area (Å²) in [7, 11) is 0. The van der Waals surface area contributed by atoms with Crippen molar-refractivity contribution in [3.8, 4) is 11.1 Å². The molecule has 0 bridgehead atoms. The van der Waals surface area contributed by atoms with Crippen molar-refractivity contribution in [3.05, 3.63) is 82.3 Å². The van der Waals surface area contributed by atoms with Gasteiger partial charge in [-0.3, -0.25) is 0 Å². The van der Waals surface area contributed by atoms with Gasteiger partial charge in [0.15, 0.2) is 0 Å². The van der Waals surface area contributed by atoms with E-state index in [2.05, 4.69) is 39.6 Å². The number of azide groups is 1. The molecule has 0 saturated carbocycles. The van der Waals surface area contributed by atoms with Crippen LogP contribution >= 0.6 is 0 Å². The Hall–Kier alpha value is -3.77. The Balaban J connectivity index is 1.69. The van der Waals surface area contributed by atoms with Gasteiger partial charge in [-0.25, -0.2) is 9.59 Å². The largest absolute Gasteiger partial charge is 0.463 e. The van der Waals surface area contributed by atoms with Crippen molar-refractivity contribution in [2.75, 3.05) is 13.2 Å². The number of hydrogen-bond acceptors (Lipinski definition) is 5. The molecule has 2 aromatic rings. The normalized spacial score (nSPS) is 14.0. The lowest BCUT2D eigenvalue weighted by Gasteiger charge is -2.22.